The van der Waals surface area contributed by atoms with Crippen LogP contribution in [0, 0.1) is 5.92 Å². The molecule has 30 heavy (non-hydrogen) atoms. The van der Waals surface area contributed by atoms with Crippen LogP contribution >= 0.6 is 0 Å². The lowest BCUT2D eigenvalue weighted by Crippen LogP contribution is -2.30. The Hall–Kier alpha value is -3.60. The van der Waals surface area contributed by atoms with E-state index in [1.165, 1.54) is 0 Å². The number of hydrogen-bond acceptors (Lipinski definition) is 4. The zero-order chi connectivity index (χ0) is 20.3. The Balaban J connectivity index is 1.49. The van der Waals surface area contributed by atoms with Crippen molar-refractivity contribution in [2.45, 2.75) is 25.3 Å². The van der Waals surface area contributed by atoms with Crippen LogP contribution in [0.1, 0.15) is 42.4 Å². The summed E-state index contributed by atoms with van der Waals surface area (Å²) in [6.45, 7) is 0. The molecule has 150 valence electrons. The monoisotopic (exact) mass is 398 g/mol. The Morgan fingerprint density at radius 1 is 1.03 bits per heavy atom. The number of hydrazone groups is 1. The topological polar surface area (TPSA) is 59.0 Å². The maximum Gasteiger partial charge on any atom is 0.267 e. The molecule has 2 aliphatic rings. The van der Waals surface area contributed by atoms with Crippen LogP contribution in [0.3, 0.4) is 0 Å². The van der Waals surface area contributed by atoms with E-state index in [1.807, 2.05) is 66.7 Å². The van der Waals surface area contributed by atoms with Gasteiger partial charge in [0.05, 0.1) is 18.2 Å². The third kappa shape index (κ3) is 3.54. The summed E-state index contributed by atoms with van der Waals surface area (Å²) in [6, 6.07) is 17.1. The summed E-state index contributed by atoms with van der Waals surface area (Å²) in [5.74, 6) is 1.52. The smallest absolute Gasteiger partial charge is 0.267 e. The summed E-state index contributed by atoms with van der Waals surface area (Å²) < 4.78 is 11.2. The van der Waals surface area contributed by atoms with Gasteiger partial charge in [-0.2, -0.15) is 5.10 Å². The van der Waals surface area contributed by atoms with Gasteiger partial charge in [-0.3, -0.25) is 4.79 Å². The van der Waals surface area contributed by atoms with Gasteiger partial charge >= 0.3 is 0 Å². The zero-order valence-corrected chi connectivity index (χ0v) is 16.5. The quantitative estimate of drug-likeness (QED) is 0.529. The van der Waals surface area contributed by atoms with E-state index in [2.05, 4.69) is 0 Å². The molecule has 5 heteroatoms. The first-order chi connectivity index (χ1) is 14.8. The highest BCUT2D eigenvalue weighted by atomic mass is 16.3. The molecule has 0 radical (unpaired) electrons. The summed E-state index contributed by atoms with van der Waals surface area (Å²) in [5, 5.41) is 6.38. The van der Waals surface area contributed by atoms with Crippen molar-refractivity contribution < 1.29 is 13.6 Å². The first-order valence-electron chi connectivity index (χ1n) is 10.2. The molecule has 0 N–H and O–H groups in total. The minimum Gasteiger partial charge on any atom is -0.467 e. The molecule has 0 saturated heterocycles. The zero-order valence-electron chi connectivity index (χ0n) is 16.5. The summed E-state index contributed by atoms with van der Waals surface area (Å²) in [4.78, 5) is 13.1. The number of fused-ring (bicyclic) bond motifs is 1. The minimum absolute atomic E-state index is 0.111. The third-order valence-electron chi connectivity index (χ3n) is 5.64. The molecule has 5 nitrogen and oxygen atoms in total. The molecule has 1 aliphatic carbocycles. The van der Waals surface area contributed by atoms with Crippen molar-refractivity contribution in [2.75, 3.05) is 0 Å². The van der Waals surface area contributed by atoms with Crippen LogP contribution in [0.2, 0.25) is 0 Å². The summed E-state index contributed by atoms with van der Waals surface area (Å²) in [6.07, 6.45) is 11.7. The van der Waals surface area contributed by atoms with Crippen LogP contribution < -0.4 is 0 Å². The van der Waals surface area contributed by atoms with Crippen molar-refractivity contribution >= 4 is 23.8 Å². The molecule has 1 saturated carbocycles. The SMILES string of the molecule is O=C(/C=C/c1ccccc1)N1N=C2/C(=C/c3ccco3)CCC[C@@H]2[C@H]1c1ccco1. The van der Waals surface area contributed by atoms with Gasteiger partial charge in [0.1, 0.15) is 17.6 Å². The van der Waals surface area contributed by atoms with Gasteiger partial charge in [0.15, 0.2) is 0 Å². The molecule has 3 heterocycles. The Kier molecular flexibility index (Phi) is 4.93. The number of allylic oxidation sites excluding steroid dienone is 1. The predicted molar refractivity (Wildman–Crippen MR) is 115 cm³/mol. The number of nitrogens with zero attached hydrogens (tertiary/aromatic N) is 2. The summed E-state index contributed by atoms with van der Waals surface area (Å²) in [7, 11) is 0. The number of amides is 1. The minimum atomic E-state index is -0.233. The van der Waals surface area contributed by atoms with E-state index in [4.69, 9.17) is 13.9 Å². The normalized spacial score (nSPS) is 22.5. The highest BCUT2D eigenvalue weighted by Crippen LogP contribution is 2.44. The molecule has 0 unspecified atom stereocenters. The molecule has 2 aromatic heterocycles. The predicted octanol–water partition coefficient (Wildman–Crippen LogP) is 5.71. The third-order valence-corrected chi connectivity index (χ3v) is 5.64. The van der Waals surface area contributed by atoms with E-state index in [-0.39, 0.29) is 17.9 Å². The lowest BCUT2D eigenvalue weighted by atomic mass is 9.79. The molecule has 5 rings (SSSR count). The molecule has 1 amide bonds. The largest absolute Gasteiger partial charge is 0.467 e. The Labute approximate surface area is 175 Å². The lowest BCUT2D eigenvalue weighted by molar-refractivity contribution is -0.128. The second-order valence-corrected chi connectivity index (χ2v) is 7.56. The van der Waals surface area contributed by atoms with Crippen molar-refractivity contribution in [3.63, 3.8) is 0 Å². The first-order valence-corrected chi connectivity index (χ1v) is 10.2. The molecule has 1 aliphatic heterocycles. The molecule has 0 spiro atoms. The van der Waals surface area contributed by atoms with Crippen molar-refractivity contribution in [1.82, 2.24) is 5.01 Å². The fraction of sp³-hybridized carbons (Fsp3) is 0.200. The van der Waals surface area contributed by atoms with E-state index in [1.54, 1.807) is 23.6 Å². The maximum atomic E-state index is 13.1. The number of carbonyl (C=O) groups is 1. The molecule has 1 fully saturated rings. The number of rotatable bonds is 4. The van der Waals surface area contributed by atoms with Crippen LogP contribution in [0.25, 0.3) is 12.2 Å². The Morgan fingerprint density at radius 3 is 2.63 bits per heavy atom. The van der Waals surface area contributed by atoms with Crippen molar-refractivity contribution in [1.29, 1.82) is 0 Å². The van der Waals surface area contributed by atoms with E-state index >= 15 is 0 Å². The standard InChI is InChI=1S/C25H22N2O3/c28-23(14-13-18-7-2-1-3-8-18)27-25(22-12-6-16-30-22)21-11-4-9-19(24(21)26-27)17-20-10-5-15-29-20/h1-3,5-8,10,12-17,21,25H,4,9,11H2/b14-13+,19-17+/t21-,25-/m0/s1. The highest BCUT2D eigenvalue weighted by Gasteiger charge is 2.44. The van der Waals surface area contributed by atoms with Gasteiger partial charge in [-0.1, -0.05) is 30.3 Å². The Morgan fingerprint density at radius 2 is 1.87 bits per heavy atom. The van der Waals surface area contributed by atoms with Crippen LogP contribution in [0.15, 0.2) is 92.7 Å². The molecule has 2 atom stereocenters. The van der Waals surface area contributed by atoms with Gasteiger partial charge in [-0.15, -0.1) is 0 Å². The Bertz CT molecular complexity index is 1090. The van der Waals surface area contributed by atoms with Gasteiger partial charge in [-0.25, -0.2) is 5.01 Å². The van der Waals surface area contributed by atoms with Crippen molar-refractivity contribution in [3.05, 3.63) is 95.9 Å². The van der Waals surface area contributed by atoms with E-state index < -0.39 is 0 Å². The second kappa shape index (κ2) is 8.03. The van der Waals surface area contributed by atoms with Crippen molar-refractivity contribution in [2.24, 2.45) is 11.0 Å². The van der Waals surface area contributed by atoms with Gasteiger partial charge in [0.25, 0.3) is 5.91 Å². The summed E-state index contributed by atoms with van der Waals surface area (Å²) in [5.41, 5.74) is 3.06. The number of furan rings is 2. The van der Waals surface area contributed by atoms with Crippen LogP contribution in [-0.4, -0.2) is 16.6 Å². The molecule has 3 aromatic rings. The molecular weight excluding hydrogens is 376 g/mol. The first kappa shape index (κ1) is 18.4. The van der Waals surface area contributed by atoms with Crippen molar-refractivity contribution in [3.8, 4) is 0 Å². The summed E-state index contributed by atoms with van der Waals surface area (Å²) >= 11 is 0. The average molecular weight is 398 g/mol. The fourth-order valence-corrected chi connectivity index (χ4v) is 4.27. The molecular formula is C25H22N2O3. The van der Waals surface area contributed by atoms with Gasteiger partial charge in [-0.05, 0) is 66.8 Å². The van der Waals surface area contributed by atoms with Gasteiger partial charge in [0, 0.05) is 12.0 Å². The number of benzene rings is 1. The van der Waals surface area contributed by atoms with Gasteiger partial charge in [0.2, 0.25) is 0 Å². The van der Waals surface area contributed by atoms with E-state index in [0.29, 0.717) is 0 Å². The molecule has 1 aromatic carbocycles. The van der Waals surface area contributed by atoms with Crippen LogP contribution in [-0.2, 0) is 4.79 Å². The van der Waals surface area contributed by atoms with Crippen LogP contribution in [0.5, 0.6) is 0 Å². The highest BCUT2D eigenvalue weighted by molar-refractivity contribution is 6.08. The van der Waals surface area contributed by atoms with E-state index in [0.717, 1.165) is 47.6 Å². The van der Waals surface area contributed by atoms with E-state index in [9.17, 15) is 4.79 Å². The number of hydrogen-bond donors (Lipinski definition) is 0. The average Bonchev–Trinajstić information content (AvgIpc) is 3.53. The lowest BCUT2D eigenvalue weighted by Gasteiger charge is -2.27. The molecule has 0 bridgehead atoms. The van der Waals surface area contributed by atoms with Gasteiger partial charge < -0.3 is 8.83 Å². The fourth-order valence-electron chi connectivity index (χ4n) is 4.27. The van der Waals surface area contributed by atoms with Crippen LogP contribution in [0.4, 0.5) is 0 Å². The second-order valence-electron chi connectivity index (χ2n) is 7.56. The maximum absolute atomic E-state index is 13.1. The number of carbonyl (C=O) groups excluding carboxylic acids is 1.